The van der Waals surface area contributed by atoms with E-state index in [2.05, 4.69) is 11.1 Å². The van der Waals surface area contributed by atoms with Crippen molar-refractivity contribution in [1.29, 1.82) is 0 Å². The molecule has 0 bridgehead atoms. The first-order valence-electron chi connectivity index (χ1n) is 5.18. The summed E-state index contributed by atoms with van der Waals surface area (Å²) < 4.78 is 26.0. The van der Waals surface area contributed by atoms with Gasteiger partial charge in [0.25, 0.3) is 0 Å². The van der Waals surface area contributed by atoms with Crippen molar-refractivity contribution in [1.82, 2.24) is 4.98 Å². The van der Waals surface area contributed by atoms with Gasteiger partial charge in [0.05, 0.1) is 0 Å². The van der Waals surface area contributed by atoms with Gasteiger partial charge in [-0.25, -0.2) is 8.78 Å². The molecule has 0 amide bonds. The number of hydrogen-bond acceptors (Lipinski definition) is 0. The molecule has 0 saturated carbocycles. The van der Waals surface area contributed by atoms with Crippen molar-refractivity contribution < 1.29 is 8.78 Å². The van der Waals surface area contributed by atoms with Gasteiger partial charge in [-0.15, -0.1) is 0 Å². The van der Waals surface area contributed by atoms with Crippen molar-refractivity contribution in [2.24, 2.45) is 0 Å². The van der Waals surface area contributed by atoms with Crippen molar-refractivity contribution in [3.63, 3.8) is 0 Å². The second-order valence-corrected chi connectivity index (χ2v) is 3.80. The van der Waals surface area contributed by atoms with Crippen LogP contribution in [-0.2, 0) is 0 Å². The molecular formula is C14H8F2N. The SMILES string of the molecule is Fc1ccc(-c2c[nH]c3cc[c]cc23)cc1F. The molecule has 3 rings (SSSR count). The van der Waals surface area contributed by atoms with E-state index in [4.69, 9.17) is 0 Å². The van der Waals surface area contributed by atoms with E-state index < -0.39 is 11.6 Å². The van der Waals surface area contributed by atoms with Gasteiger partial charge >= 0.3 is 0 Å². The largest absolute Gasteiger partial charge is 0.361 e. The second kappa shape index (κ2) is 3.70. The number of aromatic amines is 1. The topological polar surface area (TPSA) is 15.8 Å². The van der Waals surface area contributed by atoms with Gasteiger partial charge in [0.1, 0.15) is 0 Å². The molecule has 0 aliphatic rings. The quantitative estimate of drug-likeness (QED) is 0.649. The maximum atomic E-state index is 13.2. The smallest absolute Gasteiger partial charge is 0.159 e. The Hall–Kier alpha value is -2.16. The minimum absolute atomic E-state index is 0.648. The highest BCUT2D eigenvalue weighted by molar-refractivity contribution is 5.95. The second-order valence-electron chi connectivity index (χ2n) is 3.80. The zero-order valence-corrected chi connectivity index (χ0v) is 8.80. The summed E-state index contributed by atoms with van der Waals surface area (Å²) in [5, 5.41) is 0.943. The van der Waals surface area contributed by atoms with Gasteiger partial charge in [0, 0.05) is 22.7 Å². The van der Waals surface area contributed by atoms with Crippen LogP contribution in [-0.4, -0.2) is 4.98 Å². The molecule has 0 fully saturated rings. The van der Waals surface area contributed by atoms with Crippen LogP contribution in [0.3, 0.4) is 0 Å². The molecule has 0 atom stereocenters. The molecule has 17 heavy (non-hydrogen) atoms. The third kappa shape index (κ3) is 1.60. The highest BCUT2D eigenvalue weighted by atomic mass is 19.2. The highest BCUT2D eigenvalue weighted by Crippen LogP contribution is 2.29. The monoisotopic (exact) mass is 228 g/mol. The number of fused-ring (bicyclic) bond motifs is 1. The summed E-state index contributed by atoms with van der Waals surface area (Å²) in [6.07, 6.45) is 1.78. The number of rotatable bonds is 1. The highest BCUT2D eigenvalue weighted by Gasteiger charge is 2.08. The average Bonchev–Trinajstić information content (AvgIpc) is 2.76. The van der Waals surface area contributed by atoms with E-state index in [1.807, 2.05) is 12.1 Å². The Bertz CT molecular complexity index is 686. The summed E-state index contributed by atoms with van der Waals surface area (Å²) in [5.41, 5.74) is 2.44. The molecule has 3 heteroatoms. The summed E-state index contributed by atoms with van der Waals surface area (Å²) >= 11 is 0. The summed E-state index contributed by atoms with van der Waals surface area (Å²) in [5.74, 6) is -1.67. The standard InChI is InChI=1S/C14H8F2N/c15-12-6-5-9(7-13(12)16)11-8-17-14-4-2-1-3-10(11)14/h2-8,17H. The molecule has 1 N–H and O–H groups in total. The van der Waals surface area contributed by atoms with Crippen LogP contribution >= 0.6 is 0 Å². The zero-order chi connectivity index (χ0) is 11.8. The van der Waals surface area contributed by atoms with E-state index in [0.717, 1.165) is 22.5 Å². The number of benzene rings is 2. The van der Waals surface area contributed by atoms with Gasteiger partial charge in [-0.2, -0.15) is 0 Å². The van der Waals surface area contributed by atoms with Crippen molar-refractivity contribution >= 4 is 10.9 Å². The first kappa shape index (κ1) is 10.0. The fraction of sp³-hybridized carbons (Fsp3) is 0. The van der Waals surface area contributed by atoms with E-state index >= 15 is 0 Å². The lowest BCUT2D eigenvalue weighted by Gasteiger charge is -2.00. The first-order chi connectivity index (χ1) is 8.25. The number of nitrogens with one attached hydrogen (secondary N) is 1. The fourth-order valence-electron chi connectivity index (χ4n) is 1.91. The molecule has 1 nitrogen and oxygen atoms in total. The summed E-state index contributed by atoms with van der Waals surface area (Å²) in [6.45, 7) is 0. The van der Waals surface area contributed by atoms with Gasteiger partial charge in [0.15, 0.2) is 11.6 Å². The summed E-state index contributed by atoms with van der Waals surface area (Å²) in [7, 11) is 0. The van der Waals surface area contributed by atoms with Crippen LogP contribution in [0.4, 0.5) is 8.78 Å². The van der Waals surface area contributed by atoms with Crippen LogP contribution in [0, 0.1) is 17.7 Å². The fourth-order valence-corrected chi connectivity index (χ4v) is 1.91. The minimum atomic E-state index is -0.836. The molecule has 0 spiro atoms. The van der Waals surface area contributed by atoms with Crippen LogP contribution in [0.2, 0.25) is 0 Å². The number of aromatic nitrogens is 1. The van der Waals surface area contributed by atoms with Gasteiger partial charge in [-0.05, 0) is 35.9 Å². The molecule has 83 valence electrons. The molecular weight excluding hydrogens is 220 g/mol. The van der Waals surface area contributed by atoms with Crippen LogP contribution < -0.4 is 0 Å². The minimum Gasteiger partial charge on any atom is -0.361 e. The van der Waals surface area contributed by atoms with Gasteiger partial charge < -0.3 is 4.98 Å². The maximum Gasteiger partial charge on any atom is 0.159 e. The lowest BCUT2D eigenvalue weighted by Crippen LogP contribution is -1.84. The third-order valence-corrected chi connectivity index (χ3v) is 2.76. The molecule has 0 aliphatic carbocycles. The number of H-pyrrole nitrogens is 1. The van der Waals surface area contributed by atoms with Crippen LogP contribution in [0.25, 0.3) is 22.0 Å². The molecule has 1 aromatic heterocycles. The van der Waals surface area contributed by atoms with Crippen molar-refractivity contribution in [3.05, 3.63) is 60.3 Å². The van der Waals surface area contributed by atoms with E-state index in [1.165, 1.54) is 6.07 Å². The molecule has 1 heterocycles. The lowest BCUT2D eigenvalue weighted by atomic mass is 10.0. The van der Waals surface area contributed by atoms with E-state index in [9.17, 15) is 8.78 Å². The van der Waals surface area contributed by atoms with Crippen molar-refractivity contribution in [2.45, 2.75) is 0 Å². The molecule has 0 saturated heterocycles. The van der Waals surface area contributed by atoms with Gasteiger partial charge in [-0.3, -0.25) is 0 Å². The third-order valence-electron chi connectivity index (χ3n) is 2.76. The van der Waals surface area contributed by atoms with Crippen molar-refractivity contribution in [3.8, 4) is 11.1 Å². The summed E-state index contributed by atoms with van der Waals surface area (Å²) in [6, 6.07) is 12.4. The molecule has 3 aromatic rings. The summed E-state index contributed by atoms with van der Waals surface area (Å²) in [4.78, 5) is 3.08. The Balaban J connectivity index is 2.24. The van der Waals surface area contributed by atoms with Crippen LogP contribution in [0.15, 0.2) is 42.6 Å². The predicted molar refractivity (Wildman–Crippen MR) is 62.5 cm³/mol. The van der Waals surface area contributed by atoms with Crippen LogP contribution in [0.1, 0.15) is 0 Å². The zero-order valence-electron chi connectivity index (χ0n) is 8.80. The number of hydrogen-bond donors (Lipinski definition) is 1. The Morgan fingerprint density at radius 1 is 1.06 bits per heavy atom. The van der Waals surface area contributed by atoms with Crippen LogP contribution in [0.5, 0.6) is 0 Å². The van der Waals surface area contributed by atoms with E-state index in [0.29, 0.717) is 5.56 Å². The van der Waals surface area contributed by atoms with E-state index in [-0.39, 0.29) is 0 Å². The Labute approximate surface area is 96.7 Å². The maximum absolute atomic E-state index is 13.2. The lowest BCUT2D eigenvalue weighted by molar-refractivity contribution is 0.509. The average molecular weight is 228 g/mol. The molecule has 0 aliphatic heterocycles. The first-order valence-corrected chi connectivity index (χ1v) is 5.18. The normalized spacial score (nSPS) is 10.9. The Morgan fingerprint density at radius 2 is 1.94 bits per heavy atom. The van der Waals surface area contributed by atoms with E-state index in [1.54, 1.807) is 18.3 Å². The Morgan fingerprint density at radius 3 is 2.76 bits per heavy atom. The Kier molecular flexibility index (Phi) is 2.18. The predicted octanol–water partition coefficient (Wildman–Crippen LogP) is 3.91. The number of halogens is 2. The van der Waals surface area contributed by atoms with Gasteiger partial charge in [0.2, 0.25) is 0 Å². The molecule has 0 unspecified atom stereocenters. The molecule has 1 radical (unpaired) electrons. The molecule has 2 aromatic carbocycles. The van der Waals surface area contributed by atoms with Crippen molar-refractivity contribution in [2.75, 3.05) is 0 Å². The van der Waals surface area contributed by atoms with Gasteiger partial charge in [-0.1, -0.05) is 12.1 Å².